The van der Waals surface area contributed by atoms with Gasteiger partial charge in [0.25, 0.3) is 0 Å². The third-order valence-corrected chi connectivity index (χ3v) is 9.74. The van der Waals surface area contributed by atoms with E-state index in [2.05, 4.69) is 16.0 Å². The van der Waals surface area contributed by atoms with E-state index in [1.165, 1.54) is 0 Å². The van der Waals surface area contributed by atoms with Crippen LogP contribution >= 0.6 is 0 Å². The lowest BCUT2D eigenvalue weighted by Crippen LogP contribution is -2.13. The predicted octanol–water partition coefficient (Wildman–Crippen LogP) is 5.35. The highest BCUT2D eigenvalue weighted by Gasteiger charge is 2.16. The molecule has 4 rings (SSSR count). The van der Waals surface area contributed by atoms with Crippen molar-refractivity contribution in [2.24, 2.45) is 0 Å². The number of ether oxygens (including phenoxy) is 18. The molecule has 0 saturated carbocycles. The molecule has 0 aliphatic rings. The Morgan fingerprint density at radius 2 is 0.453 bits per heavy atom. The van der Waals surface area contributed by atoms with Gasteiger partial charge in [0.05, 0.1) is 119 Å². The zero-order chi connectivity index (χ0) is 53.2. The summed E-state index contributed by atoms with van der Waals surface area (Å²) in [6, 6.07) is 16.2. The minimum absolute atomic E-state index is 0.181. The third-order valence-electron chi connectivity index (χ3n) is 9.74. The van der Waals surface area contributed by atoms with Gasteiger partial charge >= 0.3 is 0 Å². The minimum Gasteiger partial charge on any atom is -0.487 e. The van der Waals surface area contributed by atoms with Gasteiger partial charge in [-0.1, -0.05) is 0 Å². The van der Waals surface area contributed by atoms with E-state index in [4.69, 9.17) is 100 Å². The lowest BCUT2D eigenvalue weighted by Gasteiger charge is -2.17. The van der Waals surface area contributed by atoms with Crippen LogP contribution in [0.3, 0.4) is 0 Å². The van der Waals surface area contributed by atoms with Crippen molar-refractivity contribution in [1.29, 1.82) is 0 Å². The average molecular weight is 1060 g/mol. The number of benzene rings is 3. The highest BCUT2D eigenvalue weighted by molar-refractivity contribution is 5.66. The molecule has 0 atom stereocenters. The van der Waals surface area contributed by atoms with Crippen molar-refractivity contribution in [1.82, 2.24) is 15.0 Å². The molecular formula is C51H78N6O18. The molecule has 0 aliphatic carbocycles. The van der Waals surface area contributed by atoms with Gasteiger partial charge in [-0.3, -0.25) is 0 Å². The molecule has 0 fully saturated rings. The van der Waals surface area contributed by atoms with Crippen molar-refractivity contribution in [2.45, 2.75) is 0 Å². The topological polar surface area (TPSA) is 241 Å². The first-order valence-electron chi connectivity index (χ1n) is 24.7. The molecule has 0 spiro atoms. The average Bonchev–Trinajstić information content (AvgIpc) is 3.41. The Labute approximate surface area is 440 Å². The van der Waals surface area contributed by atoms with Crippen LogP contribution in [0, 0.1) is 0 Å². The molecule has 3 N–H and O–H groups in total. The van der Waals surface area contributed by atoms with Gasteiger partial charge in [0, 0.05) is 77.9 Å². The molecule has 0 saturated heterocycles. The van der Waals surface area contributed by atoms with E-state index < -0.39 is 0 Å². The van der Waals surface area contributed by atoms with Crippen molar-refractivity contribution >= 4 is 34.9 Å². The lowest BCUT2D eigenvalue weighted by molar-refractivity contribution is 0.0499. The van der Waals surface area contributed by atoms with Gasteiger partial charge in [-0.05, 0) is 36.4 Å². The van der Waals surface area contributed by atoms with Crippen molar-refractivity contribution in [3.63, 3.8) is 0 Å². The molecule has 0 unspecified atom stereocenters. The van der Waals surface area contributed by atoms with E-state index in [0.717, 1.165) is 0 Å². The molecular weight excluding hydrogens is 985 g/mol. The van der Waals surface area contributed by atoms with Crippen molar-refractivity contribution in [3.05, 3.63) is 54.6 Å². The van der Waals surface area contributed by atoms with Crippen LogP contribution in [0.4, 0.5) is 34.9 Å². The van der Waals surface area contributed by atoms with Crippen LogP contribution in [0.2, 0.25) is 0 Å². The molecule has 24 heteroatoms. The molecule has 0 aliphatic heterocycles. The van der Waals surface area contributed by atoms with Crippen LogP contribution in [0.15, 0.2) is 54.6 Å². The summed E-state index contributed by atoms with van der Waals surface area (Å²) in [5.41, 5.74) is 1.76. The minimum atomic E-state index is 0.181. The molecule has 0 bridgehead atoms. The number of rotatable bonds is 48. The number of nitrogens with one attached hydrogen (secondary N) is 3. The third kappa shape index (κ3) is 27.1. The van der Waals surface area contributed by atoms with Crippen LogP contribution in [-0.4, -0.2) is 216 Å². The monoisotopic (exact) mass is 1060 g/mol. The van der Waals surface area contributed by atoms with E-state index in [9.17, 15) is 0 Å². The van der Waals surface area contributed by atoms with Gasteiger partial charge in [0.15, 0.2) is 34.5 Å². The summed E-state index contributed by atoms with van der Waals surface area (Å²) in [5.74, 6) is 3.43. The maximum Gasteiger partial charge on any atom is 0.233 e. The Morgan fingerprint density at radius 1 is 0.253 bits per heavy atom. The number of aromatic nitrogens is 3. The van der Waals surface area contributed by atoms with Gasteiger partial charge in [-0.25, -0.2) is 0 Å². The summed E-state index contributed by atoms with van der Waals surface area (Å²) >= 11 is 0. The van der Waals surface area contributed by atoms with Gasteiger partial charge in [-0.2, -0.15) is 15.0 Å². The van der Waals surface area contributed by atoms with Gasteiger partial charge in [0.1, 0.15) is 39.6 Å². The second-order valence-corrected chi connectivity index (χ2v) is 15.4. The zero-order valence-corrected chi connectivity index (χ0v) is 44.4. The van der Waals surface area contributed by atoms with Crippen LogP contribution in [-0.2, 0) is 56.8 Å². The maximum atomic E-state index is 6.17. The Balaban J connectivity index is 1.67. The van der Waals surface area contributed by atoms with E-state index in [1.807, 2.05) is 18.2 Å². The number of hydrogen-bond acceptors (Lipinski definition) is 24. The van der Waals surface area contributed by atoms with E-state index >= 15 is 0 Å². The van der Waals surface area contributed by atoms with Crippen LogP contribution < -0.4 is 44.4 Å². The van der Waals surface area contributed by atoms with E-state index in [0.29, 0.717) is 170 Å². The fraction of sp³-hybridized carbons (Fsp3) is 0.588. The second kappa shape index (κ2) is 40.7. The molecule has 0 amide bonds. The second-order valence-electron chi connectivity index (χ2n) is 15.4. The summed E-state index contributed by atoms with van der Waals surface area (Å²) in [7, 11) is 9.72. The first-order chi connectivity index (χ1) is 37.0. The molecule has 24 nitrogen and oxygen atoms in total. The lowest BCUT2D eigenvalue weighted by atomic mass is 10.2. The first-order valence-corrected chi connectivity index (χ1v) is 24.7. The fourth-order valence-corrected chi connectivity index (χ4v) is 6.11. The molecule has 0 radical (unpaired) electrons. The van der Waals surface area contributed by atoms with Crippen LogP contribution in [0.25, 0.3) is 0 Å². The number of hydrogen-bond donors (Lipinski definition) is 3. The standard InChI is InChI=1S/C51H78N6O18/c1-58-13-19-64-25-31-70-43-10-7-40(37-46(43)73-34-28-67-22-16-61-4)52-49-55-50(53-41-8-11-44(71-32-26-65-20-14-59-2)47(38-41)74-35-29-68-23-17-62-5)57-51(56-49)54-42-9-12-45(72-33-27-66-21-15-60-3)48(39-42)75-36-30-69-24-18-63-6/h7-12,37-39H,13-36H2,1-6H3,(H3,52,53,54,55,56,57). The molecule has 1 heterocycles. The van der Waals surface area contributed by atoms with Gasteiger partial charge in [-0.15, -0.1) is 0 Å². The summed E-state index contributed by atoms with van der Waals surface area (Å²) in [5, 5.41) is 9.95. The summed E-state index contributed by atoms with van der Waals surface area (Å²) < 4.78 is 101. The smallest absolute Gasteiger partial charge is 0.233 e. The highest BCUT2D eigenvalue weighted by Crippen LogP contribution is 2.35. The van der Waals surface area contributed by atoms with E-state index in [1.54, 1.807) is 79.1 Å². The SMILES string of the molecule is COCCOCCOc1ccc(Nc2nc(Nc3ccc(OCCOCCOC)c(OCCOCCOC)c3)nc(Nc3ccc(OCCOCCOC)c(OCCOCCOC)c3)n2)cc1OCCOCCOC. The number of methoxy groups -OCH3 is 6. The summed E-state index contributed by atoms with van der Waals surface area (Å²) in [6.07, 6.45) is 0. The first kappa shape index (κ1) is 61.9. The Bertz CT molecular complexity index is 1840. The van der Waals surface area contributed by atoms with E-state index in [-0.39, 0.29) is 57.5 Å². The molecule has 3 aromatic carbocycles. The van der Waals surface area contributed by atoms with Crippen molar-refractivity contribution in [2.75, 3.05) is 217 Å². The summed E-state index contributed by atoms with van der Waals surface area (Å²) in [4.78, 5) is 14.3. The van der Waals surface area contributed by atoms with Crippen LogP contribution in [0.1, 0.15) is 0 Å². The quantitative estimate of drug-likeness (QED) is 0.0472. The summed E-state index contributed by atoms with van der Waals surface area (Å²) in [6.45, 7) is 9.11. The van der Waals surface area contributed by atoms with Crippen LogP contribution in [0.5, 0.6) is 34.5 Å². The molecule has 1 aromatic heterocycles. The van der Waals surface area contributed by atoms with Gasteiger partial charge < -0.3 is 101 Å². The Hall–Kier alpha value is -5.61. The van der Waals surface area contributed by atoms with Gasteiger partial charge in [0.2, 0.25) is 17.8 Å². The number of anilines is 6. The molecule has 4 aromatic rings. The Morgan fingerprint density at radius 3 is 0.667 bits per heavy atom. The van der Waals surface area contributed by atoms with Crippen molar-refractivity contribution < 1.29 is 85.3 Å². The zero-order valence-electron chi connectivity index (χ0n) is 44.4. The molecule has 75 heavy (non-hydrogen) atoms. The predicted molar refractivity (Wildman–Crippen MR) is 278 cm³/mol. The fourth-order valence-electron chi connectivity index (χ4n) is 6.11. The largest absolute Gasteiger partial charge is 0.487 e. The normalized spacial score (nSPS) is 11.1. The molecule has 420 valence electrons. The Kier molecular flexibility index (Phi) is 33.6. The number of nitrogens with zero attached hydrogens (tertiary/aromatic N) is 3. The van der Waals surface area contributed by atoms with Crippen molar-refractivity contribution in [3.8, 4) is 34.5 Å². The highest BCUT2D eigenvalue weighted by atomic mass is 16.6. The maximum absolute atomic E-state index is 6.17.